The highest BCUT2D eigenvalue weighted by Gasteiger charge is 2.25. The fourth-order valence-corrected chi connectivity index (χ4v) is 3.75. The average molecular weight is 346 g/mol. The highest BCUT2D eigenvalue weighted by Crippen LogP contribution is 2.24. The molecule has 0 spiro atoms. The Kier molecular flexibility index (Phi) is 7.00. The van der Waals surface area contributed by atoms with Gasteiger partial charge < -0.3 is 10.0 Å². The fraction of sp³-hybridized carbons (Fsp3) is 0.600. The monoisotopic (exact) mass is 346 g/mol. The molecule has 1 N–H and O–H groups in total. The summed E-state index contributed by atoms with van der Waals surface area (Å²) >= 11 is 0. The molecule has 1 aliphatic heterocycles. The van der Waals surface area contributed by atoms with Gasteiger partial charge in [0.2, 0.25) is 5.91 Å². The van der Waals surface area contributed by atoms with Gasteiger partial charge in [0.25, 0.3) is 0 Å². The first-order valence-electron chi connectivity index (χ1n) is 9.13. The van der Waals surface area contributed by atoms with Crippen molar-refractivity contribution < 1.29 is 14.7 Å². The molecule has 25 heavy (non-hydrogen) atoms. The predicted octanol–water partition coefficient (Wildman–Crippen LogP) is 2.89. The zero-order valence-electron chi connectivity index (χ0n) is 15.6. The number of hydrogen-bond donors (Lipinski definition) is 1. The van der Waals surface area contributed by atoms with Crippen molar-refractivity contribution in [3.05, 3.63) is 35.4 Å². The highest BCUT2D eigenvalue weighted by atomic mass is 16.4. The summed E-state index contributed by atoms with van der Waals surface area (Å²) in [4.78, 5) is 27.5. The summed E-state index contributed by atoms with van der Waals surface area (Å²) in [6.45, 7) is 5.75. The minimum atomic E-state index is -0.799. The molecule has 0 saturated carbocycles. The van der Waals surface area contributed by atoms with Crippen LogP contribution in [0.3, 0.4) is 0 Å². The Bertz CT molecular complexity index is 602. The van der Waals surface area contributed by atoms with Crippen LogP contribution in [0.5, 0.6) is 0 Å². The molecular formula is C20H30N2O3. The van der Waals surface area contributed by atoms with Gasteiger partial charge in [-0.15, -0.1) is 0 Å². The van der Waals surface area contributed by atoms with Crippen LogP contribution < -0.4 is 0 Å². The van der Waals surface area contributed by atoms with E-state index in [9.17, 15) is 9.59 Å². The molecule has 2 unspecified atom stereocenters. The number of aliphatic carboxylic acids is 1. The van der Waals surface area contributed by atoms with Crippen LogP contribution in [0.1, 0.15) is 49.7 Å². The molecule has 1 aliphatic rings. The SMILES string of the molecule is Cc1ccccc1C(C)CC(=O)N1CCCC(N(C)CC(=O)O)CC1. The van der Waals surface area contributed by atoms with E-state index < -0.39 is 5.97 Å². The smallest absolute Gasteiger partial charge is 0.317 e. The molecule has 1 amide bonds. The van der Waals surface area contributed by atoms with Crippen molar-refractivity contribution in [1.29, 1.82) is 0 Å². The second-order valence-corrected chi connectivity index (χ2v) is 7.24. The Morgan fingerprint density at radius 2 is 2.00 bits per heavy atom. The average Bonchev–Trinajstić information content (AvgIpc) is 2.80. The topological polar surface area (TPSA) is 60.9 Å². The summed E-state index contributed by atoms with van der Waals surface area (Å²) in [5, 5.41) is 8.95. The molecule has 5 nitrogen and oxygen atoms in total. The number of aryl methyl sites for hydroxylation is 1. The summed E-state index contributed by atoms with van der Waals surface area (Å²) in [5.74, 6) is -0.383. The number of likely N-dealkylation sites (N-methyl/N-ethyl adjacent to an activating group) is 1. The van der Waals surface area contributed by atoms with Crippen LogP contribution in [0.2, 0.25) is 0 Å². The molecule has 1 fully saturated rings. The van der Waals surface area contributed by atoms with Crippen molar-refractivity contribution in [3.8, 4) is 0 Å². The van der Waals surface area contributed by atoms with Crippen molar-refractivity contribution in [1.82, 2.24) is 9.80 Å². The largest absolute Gasteiger partial charge is 0.480 e. The van der Waals surface area contributed by atoms with Crippen LogP contribution in [0.4, 0.5) is 0 Å². The van der Waals surface area contributed by atoms with Crippen molar-refractivity contribution in [2.24, 2.45) is 0 Å². The molecule has 1 heterocycles. The Hall–Kier alpha value is -1.88. The maximum absolute atomic E-state index is 12.7. The minimum absolute atomic E-state index is 0.0585. The molecule has 0 aliphatic carbocycles. The number of hydrogen-bond acceptors (Lipinski definition) is 3. The van der Waals surface area contributed by atoms with E-state index in [0.717, 1.165) is 25.8 Å². The predicted molar refractivity (Wildman–Crippen MR) is 98.7 cm³/mol. The standard InChI is InChI=1S/C20H30N2O3/c1-15-7-4-5-9-18(15)16(2)13-19(23)22-11-6-8-17(10-12-22)21(3)14-20(24)25/h4-5,7,9,16-17H,6,8,10-14H2,1-3H3,(H,24,25). The van der Waals surface area contributed by atoms with Gasteiger partial charge in [0, 0.05) is 25.6 Å². The summed E-state index contributed by atoms with van der Waals surface area (Å²) in [7, 11) is 1.86. The summed E-state index contributed by atoms with van der Waals surface area (Å²) in [6, 6.07) is 8.48. The lowest BCUT2D eigenvalue weighted by Gasteiger charge is -2.26. The second-order valence-electron chi connectivity index (χ2n) is 7.24. The summed E-state index contributed by atoms with van der Waals surface area (Å²) in [6.07, 6.45) is 3.24. The molecular weight excluding hydrogens is 316 g/mol. The van der Waals surface area contributed by atoms with Crippen LogP contribution in [-0.2, 0) is 9.59 Å². The Morgan fingerprint density at radius 1 is 1.28 bits per heavy atom. The van der Waals surface area contributed by atoms with Crippen molar-refractivity contribution in [3.63, 3.8) is 0 Å². The lowest BCUT2D eigenvalue weighted by atomic mass is 9.93. The molecule has 0 radical (unpaired) electrons. The third kappa shape index (κ3) is 5.56. The van der Waals surface area contributed by atoms with Gasteiger partial charge in [-0.05, 0) is 50.3 Å². The van der Waals surface area contributed by atoms with Gasteiger partial charge in [-0.3, -0.25) is 14.5 Å². The second kappa shape index (κ2) is 8.99. The molecule has 2 atom stereocenters. The van der Waals surface area contributed by atoms with Crippen LogP contribution in [0.15, 0.2) is 24.3 Å². The third-order valence-electron chi connectivity index (χ3n) is 5.26. The number of nitrogens with zero attached hydrogens (tertiary/aromatic N) is 2. The first kappa shape index (κ1) is 19.4. The van der Waals surface area contributed by atoms with Gasteiger partial charge in [-0.25, -0.2) is 0 Å². The van der Waals surface area contributed by atoms with E-state index in [1.165, 1.54) is 11.1 Å². The van der Waals surface area contributed by atoms with E-state index in [2.05, 4.69) is 26.0 Å². The Balaban J connectivity index is 1.90. The number of likely N-dealkylation sites (tertiary alicyclic amines) is 1. The maximum Gasteiger partial charge on any atom is 0.317 e. The van der Waals surface area contributed by atoms with Crippen LogP contribution in [0, 0.1) is 6.92 Å². The number of amides is 1. The van der Waals surface area contributed by atoms with E-state index in [1.54, 1.807) is 0 Å². The number of carbonyl (C=O) groups is 2. The normalized spacial score (nSPS) is 19.5. The van der Waals surface area contributed by atoms with Crippen LogP contribution in [-0.4, -0.2) is 59.5 Å². The van der Waals surface area contributed by atoms with Crippen molar-refractivity contribution in [2.75, 3.05) is 26.7 Å². The molecule has 138 valence electrons. The summed E-state index contributed by atoms with van der Waals surface area (Å²) in [5.41, 5.74) is 2.47. The van der Waals surface area contributed by atoms with E-state index in [1.807, 2.05) is 29.0 Å². The van der Waals surface area contributed by atoms with E-state index in [-0.39, 0.29) is 24.4 Å². The molecule has 2 rings (SSSR count). The zero-order chi connectivity index (χ0) is 18.4. The molecule has 1 aromatic rings. The van der Waals surface area contributed by atoms with Crippen LogP contribution in [0.25, 0.3) is 0 Å². The summed E-state index contributed by atoms with van der Waals surface area (Å²) < 4.78 is 0. The number of benzene rings is 1. The Labute approximate surface area is 150 Å². The van der Waals surface area contributed by atoms with Gasteiger partial charge >= 0.3 is 5.97 Å². The number of carboxylic acid groups (broad SMARTS) is 1. The van der Waals surface area contributed by atoms with Gasteiger partial charge in [0.15, 0.2) is 0 Å². The number of carboxylic acids is 1. The van der Waals surface area contributed by atoms with Gasteiger partial charge in [-0.1, -0.05) is 31.2 Å². The highest BCUT2D eigenvalue weighted by molar-refractivity contribution is 5.77. The zero-order valence-corrected chi connectivity index (χ0v) is 15.6. The lowest BCUT2D eigenvalue weighted by Crippen LogP contribution is -2.37. The van der Waals surface area contributed by atoms with Gasteiger partial charge in [-0.2, -0.15) is 0 Å². The molecule has 1 aromatic carbocycles. The van der Waals surface area contributed by atoms with E-state index >= 15 is 0 Å². The molecule has 1 saturated heterocycles. The third-order valence-corrected chi connectivity index (χ3v) is 5.26. The van der Waals surface area contributed by atoms with E-state index in [4.69, 9.17) is 5.11 Å². The minimum Gasteiger partial charge on any atom is -0.480 e. The first-order chi connectivity index (χ1) is 11.9. The number of rotatable bonds is 6. The maximum atomic E-state index is 12.7. The fourth-order valence-electron chi connectivity index (χ4n) is 3.75. The molecule has 0 aromatic heterocycles. The first-order valence-corrected chi connectivity index (χ1v) is 9.13. The quantitative estimate of drug-likeness (QED) is 0.860. The van der Waals surface area contributed by atoms with Crippen molar-refractivity contribution >= 4 is 11.9 Å². The van der Waals surface area contributed by atoms with Gasteiger partial charge in [0.05, 0.1) is 6.54 Å². The molecule has 0 bridgehead atoms. The van der Waals surface area contributed by atoms with Crippen molar-refractivity contribution in [2.45, 2.75) is 51.5 Å². The Morgan fingerprint density at radius 3 is 2.68 bits per heavy atom. The van der Waals surface area contributed by atoms with Gasteiger partial charge in [0.1, 0.15) is 0 Å². The molecule has 5 heteroatoms. The van der Waals surface area contributed by atoms with Crippen LogP contribution >= 0.6 is 0 Å². The van der Waals surface area contributed by atoms with E-state index in [0.29, 0.717) is 13.0 Å². The number of carbonyl (C=O) groups excluding carboxylic acids is 1. The lowest BCUT2D eigenvalue weighted by molar-refractivity contribution is -0.138.